The molecule has 0 saturated heterocycles. The van der Waals surface area contributed by atoms with E-state index < -0.39 is 0 Å². The lowest BCUT2D eigenvalue weighted by Gasteiger charge is -2.27. The van der Waals surface area contributed by atoms with E-state index in [1.54, 1.807) is 12.1 Å². The van der Waals surface area contributed by atoms with E-state index in [4.69, 9.17) is 0 Å². The second kappa shape index (κ2) is 10.9. The predicted octanol–water partition coefficient (Wildman–Crippen LogP) is 5.22. The average Bonchev–Trinajstić information content (AvgIpc) is 2.74. The molecule has 0 aromatic heterocycles. The molecule has 0 radical (unpaired) electrons. The molecule has 2 rings (SSSR count). The average molecular weight is 483 g/mol. The maximum atomic E-state index is 11.4. The number of phenolic OH excluding ortho intramolecular Hbond substituents is 2. The second-order valence-corrected chi connectivity index (χ2v) is 12.3. The van der Waals surface area contributed by atoms with Crippen molar-refractivity contribution in [2.24, 2.45) is 5.41 Å². The Bertz CT molecular complexity index is 976. The Labute approximate surface area is 210 Å². The van der Waals surface area contributed by atoms with Gasteiger partial charge in [0, 0.05) is 37.3 Å². The third-order valence-corrected chi connectivity index (χ3v) is 6.26. The van der Waals surface area contributed by atoms with Gasteiger partial charge >= 0.3 is 0 Å². The van der Waals surface area contributed by atoms with Gasteiger partial charge < -0.3 is 20.8 Å². The molecule has 4 N–H and O–H groups in total. The number of nitrogens with one attached hydrogen (secondary N) is 2. The zero-order chi connectivity index (χ0) is 26.6. The molecule has 0 amide bonds. The maximum Gasteiger partial charge on any atom is 0.153 e. The van der Waals surface area contributed by atoms with Crippen LogP contribution in [0.2, 0.25) is 0 Å². The van der Waals surface area contributed by atoms with Gasteiger partial charge in [-0.25, -0.2) is 0 Å². The quantitative estimate of drug-likeness (QED) is 0.347. The molecule has 0 saturated carbocycles. The molecule has 0 aliphatic heterocycles. The minimum Gasteiger partial charge on any atom is -0.507 e. The second-order valence-electron chi connectivity index (χ2n) is 12.3. The van der Waals surface area contributed by atoms with Gasteiger partial charge in [0.15, 0.2) is 12.6 Å². The number of benzene rings is 2. The van der Waals surface area contributed by atoms with Crippen LogP contribution in [0.4, 0.5) is 0 Å². The molecule has 192 valence electrons. The van der Waals surface area contributed by atoms with Crippen molar-refractivity contribution in [2.75, 3.05) is 13.1 Å². The monoisotopic (exact) mass is 482 g/mol. The summed E-state index contributed by atoms with van der Waals surface area (Å²) in [5, 5.41) is 27.8. The minimum atomic E-state index is -0.136. The van der Waals surface area contributed by atoms with Gasteiger partial charge in [-0.15, -0.1) is 0 Å². The van der Waals surface area contributed by atoms with Crippen LogP contribution in [-0.2, 0) is 23.9 Å². The molecule has 35 heavy (non-hydrogen) atoms. The summed E-state index contributed by atoms with van der Waals surface area (Å²) in [6, 6.07) is 7.41. The SMILES string of the molecule is CC(C)(CNCc1cc(C(C)(C)C)cc(C=O)c1O)CNCc1cc(C(C)(C)C)cc(C=O)c1O. The molecule has 0 spiro atoms. The Morgan fingerprint density at radius 1 is 0.657 bits per heavy atom. The smallest absolute Gasteiger partial charge is 0.153 e. The summed E-state index contributed by atoms with van der Waals surface area (Å²) in [6.45, 7) is 18.9. The zero-order valence-corrected chi connectivity index (χ0v) is 22.5. The molecule has 0 atom stereocenters. The van der Waals surface area contributed by atoms with Crippen molar-refractivity contribution < 1.29 is 19.8 Å². The molecule has 0 aliphatic rings. The zero-order valence-electron chi connectivity index (χ0n) is 22.5. The van der Waals surface area contributed by atoms with Crippen LogP contribution < -0.4 is 10.6 Å². The summed E-state index contributed by atoms with van der Waals surface area (Å²) >= 11 is 0. The first-order chi connectivity index (χ1) is 16.1. The first-order valence-corrected chi connectivity index (χ1v) is 12.1. The Morgan fingerprint density at radius 3 is 1.29 bits per heavy atom. The number of hydrogen-bond donors (Lipinski definition) is 4. The van der Waals surface area contributed by atoms with Crippen molar-refractivity contribution in [1.29, 1.82) is 0 Å². The van der Waals surface area contributed by atoms with E-state index in [0.717, 1.165) is 11.1 Å². The van der Waals surface area contributed by atoms with E-state index in [-0.39, 0.29) is 27.7 Å². The molecule has 2 aromatic carbocycles. The summed E-state index contributed by atoms with van der Waals surface area (Å²) in [5.41, 5.74) is 3.62. The standard InChI is InChI=1S/C29H42N2O4/c1-27(2,3)23-9-19(25(34)21(11-23)15-32)13-30-17-29(7,8)18-31-14-20-10-24(28(4,5)6)12-22(16-33)26(20)35/h9-12,15-16,30-31,34-35H,13-14,17-18H2,1-8H3. The van der Waals surface area contributed by atoms with Crippen LogP contribution in [0.3, 0.4) is 0 Å². The van der Waals surface area contributed by atoms with Crippen LogP contribution in [0, 0.1) is 5.41 Å². The molecule has 6 heteroatoms. The van der Waals surface area contributed by atoms with E-state index >= 15 is 0 Å². The number of hydrogen-bond acceptors (Lipinski definition) is 6. The summed E-state index contributed by atoms with van der Waals surface area (Å²) in [4.78, 5) is 22.9. The normalized spacial score (nSPS) is 12.6. The molecule has 6 nitrogen and oxygen atoms in total. The molecular weight excluding hydrogens is 440 g/mol. The van der Waals surface area contributed by atoms with E-state index in [2.05, 4.69) is 66.0 Å². The molecule has 0 bridgehead atoms. The van der Waals surface area contributed by atoms with Crippen LogP contribution in [0.5, 0.6) is 11.5 Å². The number of aldehydes is 2. The van der Waals surface area contributed by atoms with Crippen molar-refractivity contribution >= 4 is 12.6 Å². The highest BCUT2D eigenvalue weighted by atomic mass is 16.3. The Kier molecular flexibility index (Phi) is 8.90. The van der Waals surface area contributed by atoms with E-state index in [9.17, 15) is 19.8 Å². The van der Waals surface area contributed by atoms with Crippen molar-refractivity contribution in [1.82, 2.24) is 10.6 Å². The third-order valence-electron chi connectivity index (χ3n) is 6.26. The van der Waals surface area contributed by atoms with Gasteiger partial charge in [0.1, 0.15) is 11.5 Å². The fraction of sp³-hybridized carbons (Fsp3) is 0.517. The van der Waals surface area contributed by atoms with Crippen LogP contribution in [-0.4, -0.2) is 35.9 Å². The highest BCUT2D eigenvalue weighted by Gasteiger charge is 2.22. The number of rotatable bonds is 10. The first kappa shape index (κ1) is 28.5. The van der Waals surface area contributed by atoms with Crippen molar-refractivity contribution in [3.8, 4) is 11.5 Å². The molecule has 0 aliphatic carbocycles. The topological polar surface area (TPSA) is 98.7 Å². The van der Waals surface area contributed by atoms with Gasteiger partial charge in [0.2, 0.25) is 0 Å². The Hall–Kier alpha value is -2.70. The summed E-state index contributed by atoms with van der Waals surface area (Å²) in [5.74, 6) is 0.0493. The van der Waals surface area contributed by atoms with Crippen molar-refractivity contribution in [3.05, 3.63) is 57.6 Å². The summed E-state index contributed by atoms with van der Waals surface area (Å²) in [7, 11) is 0. The Morgan fingerprint density at radius 2 is 1.00 bits per heavy atom. The van der Waals surface area contributed by atoms with Crippen LogP contribution in [0.1, 0.15) is 98.4 Å². The predicted molar refractivity (Wildman–Crippen MR) is 142 cm³/mol. The van der Waals surface area contributed by atoms with Crippen molar-refractivity contribution in [2.45, 2.75) is 79.3 Å². The van der Waals surface area contributed by atoms with Crippen LogP contribution in [0.25, 0.3) is 0 Å². The lowest BCUT2D eigenvalue weighted by atomic mass is 9.84. The summed E-state index contributed by atoms with van der Waals surface area (Å²) in [6.07, 6.45) is 1.39. The maximum absolute atomic E-state index is 11.4. The molecule has 2 aromatic rings. The van der Waals surface area contributed by atoms with Gasteiger partial charge in [0.05, 0.1) is 11.1 Å². The molecule has 0 unspecified atom stereocenters. The Balaban J connectivity index is 2.03. The van der Waals surface area contributed by atoms with E-state index in [1.165, 1.54) is 0 Å². The van der Waals surface area contributed by atoms with E-state index in [1.807, 2.05) is 12.1 Å². The highest BCUT2D eigenvalue weighted by molar-refractivity contribution is 5.81. The van der Waals surface area contributed by atoms with Gasteiger partial charge in [0.25, 0.3) is 0 Å². The van der Waals surface area contributed by atoms with Crippen molar-refractivity contribution in [3.63, 3.8) is 0 Å². The number of aromatic hydroxyl groups is 2. The minimum absolute atomic E-state index is 0.0246. The summed E-state index contributed by atoms with van der Waals surface area (Å²) < 4.78 is 0. The van der Waals surface area contributed by atoms with Crippen LogP contribution >= 0.6 is 0 Å². The number of carbonyl (C=O) groups excluding carboxylic acids is 2. The lowest BCUT2D eigenvalue weighted by molar-refractivity contribution is 0.111. The molecular formula is C29H42N2O4. The lowest BCUT2D eigenvalue weighted by Crippen LogP contribution is -2.37. The van der Waals surface area contributed by atoms with E-state index in [0.29, 0.717) is 61.0 Å². The molecule has 0 fully saturated rings. The van der Waals surface area contributed by atoms with Gasteiger partial charge in [-0.3, -0.25) is 9.59 Å². The third kappa shape index (κ3) is 7.64. The molecule has 0 heterocycles. The number of phenols is 2. The fourth-order valence-electron chi connectivity index (χ4n) is 3.89. The van der Waals surface area contributed by atoms with Crippen LogP contribution in [0.15, 0.2) is 24.3 Å². The number of carbonyl (C=O) groups is 2. The first-order valence-electron chi connectivity index (χ1n) is 12.1. The van der Waals surface area contributed by atoms with Gasteiger partial charge in [-0.2, -0.15) is 0 Å². The fourth-order valence-corrected chi connectivity index (χ4v) is 3.89. The van der Waals surface area contributed by atoms with Gasteiger partial charge in [-0.05, 0) is 39.5 Å². The van der Waals surface area contributed by atoms with Gasteiger partial charge in [-0.1, -0.05) is 67.5 Å². The highest BCUT2D eigenvalue weighted by Crippen LogP contribution is 2.32. The largest absolute Gasteiger partial charge is 0.507 e.